The summed E-state index contributed by atoms with van der Waals surface area (Å²) in [5, 5.41) is 3.18. The van der Waals surface area contributed by atoms with Crippen molar-refractivity contribution in [3.63, 3.8) is 0 Å². The number of amides is 2. The molecule has 1 aliphatic carbocycles. The molecule has 0 heterocycles. The van der Waals surface area contributed by atoms with Gasteiger partial charge in [-0.15, -0.1) is 0 Å². The van der Waals surface area contributed by atoms with Crippen LogP contribution < -0.4 is 9.62 Å². The van der Waals surface area contributed by atoms with Gasteiger partial charge in [0.1, 0.15) is 12.6 Å². The number of anilines is 1. The van der Waals surface area contributed by atoms with E-state index < -0.39 is 28.5 Å². The third-order valence-electron chi connectivity index (χ3n) is 7.18. The Balaban J connectivity index is 1.72. The first-order valence-electron chi connectivity index (χ1n) is 13.5. The number of aryl methyl sites for hydroxylation is 1. The lowest BCUT2D eigenvalue weighted by Crippen LogP contribution is -2.54. The van der Waals surface area contributed by atoms with Crippen LogP contribution in [0.3, 0.4) is 0 Å². The van der Waals surface area contributed by atoms with Gasteiger partial charge in [-0.05, 0) is 49.1 Å². The first-order valence-corrected chi connectivity index (χ1v) is 16.2. The summed E-state index contributed by atoms with van der Waals surface area (Å²) in [6.45, 7) is 1.72. The summed E-state index contributed by atoms with van der Waals surface area (Å²) in [5.41, 5.74) is 3.19. The van der Waals surface area contributed by atoms with Crippen LogP contribution in [0.15, 0.2) is 83.3 Å². The average molecular weight is 627 g/mol. The molecule has 1 saturated carbocycles. The molecular formula is C31H36BrN3O4S. The van der Waals surface area contributed by atoms with Crippen LogP contribution in [0.2, 0.25) is 0 Å². The van der Waals surface area contributed by atoms with E-state index in [0.717, 1.165) is 52.9 Å². The van der Waals surface area contributed by atoms with Crippen LogP contribution in [0.25, 0.3) is 0 Å². The van der Waals surface area contributed by atoms with Gasteiger partial charge in [-0.3, -0.25) is 13.9 Å². The van der Waals surface area contributed by atoms with E-state index in [0.29, 0.717) is 16.6 Å². The third kappa shape index (κ3) is 8.17. The molecule has 1 N–H and O–H groups in total. The zero-order valence-corrected chi connectivity index (χ0v) is 25.3. The van der Waals surface area contributed by atoms with Crippen molar-refractivity contribution in [2.75, 3.05) is 17.1 Å². The lowest BCUT2D eigenvalue weighted by atomic mass is 10.0. The number of benzene rings is 3. The molecule has 40 heavy (non-hydrogen) atoms. The Kier molecular flexibility index (Phi) is 10.0. The topological polar surface area (TPSA) is 86.8 Å². The van der Waals surface area contributed by atoms with E-state index >= 15 is 0 Å². The van der Waals surface area contributed by atoms with E-state index in [9.17, 15) is 18.0 Å². The van der Waals surface area contributed by atoms with Crippen molar-refractivity contribution in [1.29, 1.82) is 0 Å². The van der Waals surface area contributed by atoms with E-state index in [4.69, 9.17) is 0 Å². The Hall–Kier alpha value is -3.17. The zero-order chi connectivity index (χ0) is 28.7. The van der Waals surface area contributed by atoms with Crippen LogP contribution in [-0.4, -0.2) is 50.0 Å². The number of halogens is 1. The molecule has 1 unspecified atom stereocenters. The highest BCUT2D eigenvalue weighted by molar-refractivity contribution is 9.10. The van der Waals surface area contributed by atoms with Gasteiger partial charge in [-0.25, -0.2) is 8.42 Å². The fourth-order valence-electron chi connectivity index (χ4n) is 5.17. The summed E-state index contributed by atoms with van der Waals surface area (Å²) in [4.78, 5) is 29.6. The largest absolute Gasteiger partial charge is 0.352 e. The minimum Gasteiger partial charge on any atom is -0.352 e. The molecule has 3 aromatic rings. The van der Waals surface area contributed by atoms with Crippen molar-refractivity contribution in [1.82, 2.24) is 10.2 Å². The summed E-state index contributed by atoms with van der Waals surface area (Å²) in [7, 11) is -3.80. The molecular weight excluding hydrogens is 590 g/mol. The van der Waals surface area contributed by atoms with Gasteiger partial charge < -0.3 is 10.2 Å². The number of hydrogen-bond acceptors (Lipinski definition) is 4. The molecule has 3 aromatic carbocycles. The smallest absolute Gasteiger partial charge is 0.244 e. The highest BCUT2D eigenvalue weighted by Gasteiger charge is 2.34. The molecule has 1 fully saturated rings. The van der Waals surface area contributed by atoms with Gasteiger partial charge in [0, 0.05) is 23.5 Å². The molecule has 0 radical (unpaired) electrons. The van der Waals surface area contributed by atoms with Gasteiger partial charge in [0.05, 0.1) is 11.9 Å². The Morgan fingerprint density at radius 1 is 0.950 bits per heavy atom. The molecule has 0 aliphatic heterocycles. The molecule has 0 spiro atoms. The Morgan fingerprint density at radius 2 is 1.62 bits per heavy atom. The van der Waals surface area contributed by atoms with E-state index in [1.165, 1.54) is 0 Å². The fraction of sp³-hybridized carbons (Fsp3) is 0.355. The molecule has 0 saturated heterocycles. The van der Waals surface area contributed by atoms with Gasteiger partial charge >= 0.3 is 0 Å². The van der Waals surface area contributed by atoms with Crippen molar-refractivity contribution in [3.05, 3.63) is 100 Å². The summed E-state index contributed by atoms with van der Waals surface area (Å²) in [5.74, 6) is -0.667. The summed E-state index contributed by atoms with van der Waals surface area (Å²) < 4.78 is 27.6. The van der Waals surface area contributed by atoms with Crippen LogP contribution in [0, 0.1) is 6.92 Å². The van der Waals surface area contributed by atoms with Gasteiger partial charge in [-0.1, -0.05) is 95.0 Å². The molecule has 212 valence electrons. The number of hydrogen-bond donors (Lipinski definition) is 1. The third-order valence-corrected chi connectivity index (χ3v) is 8.82. The quantitative estimate of drug-likeness (QED) is 0.316. The van der Waals surface area contributed by atoms with Crippen molar-refractivity contribution < 1.29 is 18.0 Å². The van der Waals surface area contributed by atoms with Crippen LogP contribution in [0.5, 0.6) is 0 Å². The van der Waals surface area contributed by atoms with Gasteiger partial charge in [0.15, 0.2) is 0 Å². The van der Waals surface area contributed by atoms with Crippen LogP contribution in [-0.2, 0) is 32.6 Å². The highest BCUT2D eigenvalue weighted by atomic mass is 79.9. The van der Waals surface area contributed by atoms with E-state index in [-0.39, 0.29) is 18.5 Å². The zero-order valence-electron chi connectivity index (χ0n) is 22.9. The van der Waals surface area contributed by atoms with E-state index in [1.54, 1.807) is 29.2 Å². The summed E-state index contributed by atoms with van der Waals surface area (Å²) in [6, 6.07) is 23.5. The Bertz CT molecular complexity index is 1430. The lowest BCUT2D eigenvalue weighted by Gasteiger charge is -2.34. The van der Waals surface area contributed by atoms with Gasteiger partial charge in [0.25, 0.3) is 0 Å². The SMILES string of the molecule is Cc1cccc(CN(C(=O)CN(c2cccc(Br)c2)S(C)(=O)=O)C(Cc2ccccc2)C(=O)NC2CCCC2)c1. The maximum absolute atomic E-state index is 14.1. The molecule has 9 heteroatoms. The van der Waals surface area contributed by atoms with Crippen molar-refractivity contribution >= 4 is 43.5 Å². The summed E-state index contributed by atoms with van der Waals surface area (Å²) >= 11 is 3.39. The number of carbonyl (C=O) groups excluding carboxylic acids is 2. The van der Waals surface area contributed by atoms with Crippen LogP contribution in [0.1, 0.15) is 42.4 Å². The van der Waals surface area contributed by atoms with Crippen LogP contribution >= 0.6 is 15.9 Å². The standard InChI is InChI=1S/C31H36BrN3O4S/c1-23-10-8-13-25(18-23)21-34(30(36)22-35(40(2,38)39)28-17-9-14-26(32)20-28)29(19-24-11-4-3-5-12-24)31(37)33-27-15-6-7-16-27/h3-5,8-14,17-18,20,27,29H,6-7,15-16,19,21-22H2,1-2H3,(H,33,37). The minimum absolute atomic E-state index is 0.0795. The van der Waals surface area contributed by atoms with E-state index in [2.05, 4.69) is 21.2 Å². The number of sulfonamides is 1. The van der Waals surface area contributed by atoms with Crippen molar-refractivity contribution in [2.45, 2.75) is 57.7 Å². The van der Waals surface area contributed by atoms with Crippen molar-refractivity contribution in [3.8, 4) is 0 Å². The maximum atomic E-state index is 14.1. The first kappa shape index (κ1) is 29.8. The minimum atomic E-state index is -3.80. The second-order valence-corrected chi connectivity index (χ2v) is 13.3. The molecule has 0 aromatic heterocycles. The molecule has 2 amide bonds. The average Bonchev–Trinajstić information content (AvgIpc) is 3.42. The second kappa shape index (κ2) is 13.5. The molecule has 1 aliphatic rings. The lowest BCUT2D eigenvalue weighted by molar-refractivity contribution is -0.140. The Labute approximate surface area is 245 Å². The normalized spacial score (nSPS) is 14.5. The molecule has 7 nitrogen and oxygen atoms in total. The number of nitrogens with one attached hydrogen (secondary N) is 1. The van der Waals surface area contributed by atoms with Gasteiger partial charge in [0.2, 0.25) is 21.8 Å². The van der Waals surface area contributed by atoms with Crippen molar-refractivity contribution in [2.24, 2.45) is 0 Å². The first-order chi connectivity index (χ1) is 19.1. The summed E-state index contributed by atoms with van der Waals surface area (Å²) in [6.07, 6.45) is 5.36. The Morgan fingerprint density at radius 3 is 2.27 bits per heavy atom. The number of carbonyl (C=O) groups is 2. The molecule has 1 atom stereocenters. The maximum Gasteiger partial charge on any atom is 0.244 e. The monoisotopic (exact) mass is 625 g/mol. The predicted octanol–water partition coefficient (Wildman–Crippen LogP) is 5.22. The van der Waals surface area contributed by atoms with E-state index in [1.807, 2.05) is 61.5 Å². The molecule has 4 rings (SSSR count). The highest BCUT2D eigenvalue weighted by Crippen LogP contribution is 2.24. The second-order valence-electron chi connectivity index (χ2n) is 10.5. The number of nitrogens with zero attached hydrogens (tertiary/aromatic N) is 2. The van der Waals surface area contributed by atoms with Crippen LogP contribution in [0.4, 0.5) is 5.69 Å². The molecule has 0 bridgehead atoms. The predicted molar refractivity (Wildman–Crippen MR) is 162 cm³/mol. The fourth-order valence-corrected chi connectivity index (χ4v) is 6.40. The van der Waals surface area contributed by atoms with Gasteiger partial charge in [-0.2, -0.15) is 0 Å². The number of rotatable bonds is 11.